The molecule has 0 aliphatic carbocycles. The number of benzene rings is 1. The number of carbonyl (C=O) groups is 1. The van der Waals surface area contributed by atoms with E-state index in [2.05, 4.69) is 5.32 Å². The molecular formula is C15H17BF3NO3. The second-order valence-electron chi connectivity index (χ2n) is 6.90. The number of anilines is 1. The van der Waals surface area contributed by atoms with Crippen LogP contribution in [0.15, 0.2) is 12.1 Å². The summed E-state index contributed by atoms with van der Waals surface area (Å²) >= 11 is 0. The first-order valence-corrected chi connectivity index (χ1v) is 7.30. The average molecular weight is 327 g/mol. The van der Waals surface area contributed by atoms with Gasteiger partial charge in [-0.25, -0.2) is 0 Å². The smallest absolute Gasteiger partial charge is 0.399 e. The Balaban J connectivity index is 2.10. The Morgan fingerprint density at radius 1 is 1.13 bits per heavy atom. The van der Waals surface area contributed by atoms with Gasteiger partial charge in [-0.05, 0) is 50.9 Å². The van der Waals surface area contributed by atoms with E-state index >= 15 is 0 Å². The van der Waals surface area contributed by atoms with E-state index in [4.69, 9.17) is 9.31 Å². The minimum Gasteiger partial charge on any atom is -0.399 e. The summed E-state index contributed by atoms with van der Waals surface area (Å²) < 4.78 is 51.1. The highest BCUT2D eigenvalue weighted by Crippen LogP contribution is 2.39. The van der Waals surface area contributed by atoms with E-state index in [-0.39, 0.29) is 23.5 Å². The van der Waals surface area contributed by atoms with Crippen LogP contribution < -0.4 is 10.8 Å². The Morgan fingerprint density at radius 2 is 1.70 bits per heavy atom. The van der Waals surface area contributed by atoms with Gasteiger partial charge >= 0.3 is 13.3 Å². The van der Waals surface area contributed by atoms with Crippen molar-refractivity contribution in [3.63, 3.8) is 0 Å². The first-order chi connectivity index (χ1) is 10.4. The second-order valence-corrected chi connectivity index (χ2v) is 6.90. The number of carbonyl (C=O) groups excluding carboxylic acids is 1. The first-order valence-electron chi connectivity index (χ1n) is 7.30. The van der Waals surface area contributed by atoms with Crippen LogP contribution in [-0.4, -0.2) is 24.2 Å². The monoisotopic (exact) mass is 327 g/mol. The highest BCUT2D eigenvalue weighted by Gasteiger charge is 2.53. The maximum atomic E-state index is 13.1. The fourth-order valence-electron chi connectivity index (χ4n) is 2.70. The van der Waals surface area contributed by atoms with E-state index in [1.54, 1.807) is 0 Å². The third-order valence-corrected chi connectivity index (χ3v) is 4.73. The first kappa shape index (κ1) is 16.3. The van der Waals surface area contributed by atoms with Crippen LogP contribution in [0.4, 0.5) is 18.9 Å². The van der Waals surface area contributed by atoms with E-state index in [9.17, 15) is 18.0 Å². The number of rotatable bonds is 1. The molecule has 1 saturated heterocycles. The molecule has 0 unspecified atom stereocenters. The number of halogens is 3. The SMILES string of the molecule is CC1(C)OB(c2cc(C(F)(F)F)cc3c2CC(=O)N3)OC1(C)C. The lowest BCUT2D eigenvalue weighted by molar-refractivity contribution is -0.137. The van der Waals surface area contributed by atoms with Crippen LogP contribution in [0.3, 0.4) is 0 Å². The van der Waals surface area contributed by atoms with Crippen molar-refractivity contribution in [2.75, 3.05) is 5.32 Å². The molecule has 0 radical (unpaired) electrons. The third kappa shape index (κ3) is 2.63. The van der Waals surface area contributed by atoms with Crippen molar-refractivity contribution in [2.45, 2.75) is 51.5 Å². The normalized spacial score (nSPS) is 22.2. The minimum absolute atomic E-state index is 0.0207. The molecule has 0 spiro atoms. The molecule has 2 aliphatic rings. The predicted octanol–water partition coefficient (Wildman–Crippen LogP) is 2.50. The molecule has 1 fully saturated rings. The Morgan fingerprint density at radius 3 is 2.22 bits per heavy atom. The lowest BCUT2D eigenvalue weighted by Gasteiger charge is -2.32. The summed E-state index contributed by atoms with van der Waals surface area (Å²) in [5.74, 6) is -0.336. The van der Waals surface area contributed by atoms with Crippen molar-refractivity contribution < 1.29 is 27.3 Å². The fraction of sp³-hybridized carbons (Fsp3) is 0.533. The highest BCUT2D eigenvalue weighted by molar-refractivity contribution is 6.63. The largest absolute Gasteiger partial charge is 0.495 e. The predicted molar refractivity (Wildman–Crippen MR) is 79.5 cm³/mol. The number of amides is 1. The van der Waals surface area contributed by atoms with Crippen LogP contribution in [-0.2, 0) is 26.7 Å². The summed E-state index contributed by atoms with van der Waals surface area (Å²) in [4.78, 5) is 11.6. The Bertz CT molecular complexity index is 669. The molecule has 1 aromatic carbocycles. The van der Waals surface area contributed by atoms with Gasteiger partial charge in [0.15, 0.2) is 0 Å². The molecule has 2 heterocycles. The van der Waals surface area contributed by atoms with Crippen LogP contribution in [0, 0.1) is 0 Å². The van der Waals surface area contributed by atoms with Crippen LogP contribution in [0.5, 0.6) is 0 Å². The van der Waals surface area contributed by atoms with E-state index in [1.165, 1.54) is 0 Å². The standard InChI is InChI=1S/C15H17BF3NO3/c1-13(2)14(3,4)23-16(22-13)10-5-8(15(17,18)19)6-11-9(10)7-12(21)20-11/h5-6H,7H2,1-4H3,(H,20,21). The minimum atomic E-state index is -4.51. The maximum absolute atomic E-state index is 13.1. The molecule has 0 saturated carbocycles. The molecule has 8 heteroatoms. The van der Waals surface area contributed by atoms with E-state index in [0.29, 0.717) is 5.56 Å². The highest BCUT2D eigenvalue weighted by atomic mass is 19.4. The molecule has 1 N–H and O–H groups in total. The lowest BCUT2D eigenvalue weighted by atomic mass is 9.74. The zero-order chi connectivity index (χ0) is 17.2. The van der Waals surface area contributed by atoms with Crippen molar-refractivity contribution >= 4 is 24.2 Å². The van der Waals surface area contributed by atoms with Gasteiger partial charge in [0.05, 0.1) is 23.2 Å². The van der Waals surface area contributed by atoms with Crippen molar-refractivity contribution in [3.05, 3.63) is 23.3 Å². The summed E-state index contributed by atoms with van der Waals surface area (Å²) in [5, 5.41) is 2.47. The quantitative estimate of drug-likeness (QED) is 0.807. The Labute approximate surface area is 132 Å². The molecule has 1 aromatic rings. The van der Waals surface area contributed by atoms with Gasteiger partial charge in [0, 0.05) is 5.69 Å². The Hall–Kier alpha value is -1.54. The summed E-state index contributed by atoms with van der Waals surface area (Å²) in [6.45, 7) is 7.29. The van der Waals surface area contributed by atoms with Crippen LogP contribution >= 0.6 is 0 Å². The Kier molecular flexibility index (Phi) is 3.36. The van der Waals surface area contributed by atoms with Gasteiger partial charge in [0.2, 0.25) is 5.91 Å². The van der Waals surface area contributed by atoms with E-state index < -0.39 is 30.1 Å². The van der Waals surface area contributed by atoms with Crippen molar-refractivity contribution in [1.82, 2.24) is 0 Å². The summed E-state index contributed by atoms with van der Waals surface area (Å²) in [6.07, 6.45) is -4.49. The molecular weight excluding hydrogens is 310 g/mol. The van der Waals surface area contributed by atoms with Gasteiger partial charge in [-0.1, -0.05) is 0 Å². The van der Waals surface area contributed by atoms with Gasteiger partial charge in [0.25, 0.3) is 0 Å². The lowest BCUT2D eigenvalue weighted by Crippen LogP contribution is -2.41. The zero-order valence-electron chi connectivity index (χ0n) is 13.3. The molecule has 23 heavy (non-hydrogen) atoms. The topological polar surface area (TPSA) is 47.6 Å². The van der Waals surface area contributed by atoms with Gasteiger partial charge in [-0.15, -0.1) is 0 Å². The number of hydrogen-bond donors (Lipinski definition) is 1. The number of hydrogen-bond acceptors (Lipinski definition) is 3. The zero-order valence-corrected chi connectivity index (χ0v) is 13.3. The fourth-order valence-corrected chi connectivity index (χ4v) is 2.70. The van der Waals surface area contributed by atoms with Crippen molar-refractivity contribution in [3.8, 4) is 0 Å². The summed E-state index contributed by atoms with van der Waals surface area (Å²) in [7, 11) is -0.941. The van der Waals surface area contributed by atoms with Gasteiger partial charge in [0.1, 0.15) is 0 Å². The van der Waals surface area contributed by atoms with Crippen LogP contribution in [0.1, 0.15) is 38.8 Å². The van der Waals surface area contributed by atoms with Gasteiger partial charge < -0.3 is 14.6 Å². The van der Waals surface area contributed by atoms with Crippen LogP contribution in [0.25, 0.3) is 0 Å². The molecule has 2 aliphatic heterocycles. The van der Waals surface area contributed by atoms with Crippen molar-refractivity contribution in [1.29, 1.82) is 0 Å². The van der Waals surface area contributed by atoms with Crippen molar-refractivity contribution in [2.24, 2.45) is 0 Å². The van der Waals surface area contributed by atoms with Crippen LogP contribution in [0.2, 0.25) is 0 Å². The number of nitrogens with one attached hydrogen (secondary N) is 1. The molecule has 1 amide bonds. The number of fused-ring (bicyclic) bond motifs is 1. The summed E-state index contributed by atoms with van der Waals surface area (Å²) in [6, 6.07) is 1.97. The molecule has 0 aromatic heterocycles. The van der Waals surface area contributed by atoms with E-state index in [1.807, 2.05) is 27.7 Å². The average Bonchev–Trinajstić information content (AvgIpc) is 2.83. The molecule has 0 atom stereocenters. The molecule has 3 rings (SSSR count). The molecule has 4 nitrogen and oxygen atoms in total. The summed E-state index contributed by atoms with van der Waals surface area (Å²) in [5.41, 5.74) is -1.24. The van der Waals surface area contributed by atoms with Gasteiger partial charge in [-0.3, -0.25) is 4.79 Å². The molecule has 0 bridgehead atoms. The third-order valence-electron chi connectivity index (χ3n) is 4.73. The maximum Gasteiger partial charge on any atom is 0.495 e. The molecule has 124 valence electrons. The number of alkyl halides is 3. The van der Waals surface area contributed by atoms with E-state index in [0.717, 1.165) is 12.1 Å². The second kappa shape index (κ2) is 4.74. The van der Waals surface area contributed by atoms with Gasteiger partial charge in [-0.2, -0.15) is 13.2 Å².